The van der Waals surface area contributed by atoms with E-state index in [1.54, 1.807) is 38.2 Å². The van der Waals surface area contributed by atoms with Gasteiger partial charge in [-0.25, -0.2) is 9.50 Å². The molecule has 0 amide bonds. The molecule has 5 rings (SSSR count). The predicted octanol–water partition coefficient (Wildman–Crippen LogP) is 4.33. The van der Waals surface area contributed by atoms with Crippen molar-refractivity contribution in [3.05, 3.63) is 71.7 Å². The number of carbonyl (C=O) groups excluding carboxylic acids is 1. The molecule has 0 N–H and O–H groups in total. The Bertz CT molecular complexity index is 1310. The molecule has 2 heterocycles. The molecule has 0 saturated heterocycles. The number of benzene rings is 2. The van der Waals surface area contributed by atoms with Crippen LogP contribution >= 0.6 is 0 Å². The lowest BCUT2D eigenvalue weighted by Crippen LogP contribution is -2.21. The van der Waals surface area contributed by atoms with Crippen molar-refractivity contribution in [3.63, 3.8) is 0 Å². The molecule has 7 heteroatoms. The van der Waals surface area contributed by atoms with Crippen molar-refractivity contribution in [2.75, 3.05) is 21.3 Å². The molecule has 2 aromatic heterocycles. The van der Waals surface area contributed by atoms with E-state index in [0.717, 1.165) is 45.3 Å². The molecule has 0 radical (unpaired) electrons. The number of ether oxygens (including phenoxy) is 3. The van der Waals surface area contributed by atoms with Crippen LogP contribution in [0.4, 0.5) is 0 Å². The number of methoxy groups -OCH3 is 3. The Morgan fingerprint density at radius 3 is 2.38 bits per heavy atom. The highest BCUT2D eigenvalue weighted by molar-refractivity contribution is 5.99. The van der Waals surface area contributed by atoms with Gasteiger partial charge in [-0.3, -0.25) is 4.79 Å². The van der Waals surface area contributed by atoms with Crippen LogP contribution in [-0.4, -0.2) is 41.7 Å². The number of carbonyl (C=O) groups is 1. The van der Waals surface area contributed by atoms with Gasteiger partial charge >= 0.3 is 0 Å². The third-order valence-electron chi connectivity index (χ3n) is 6.03. The molecular weight excluding hydrogens is 406 g/mol. The first-order valence-electron chi connectivity index (χ1n) is 10.4. The monoisotopic (exact) mass is 429 g/mol. The van der Waals surface area contributed by atoms with E-state index in [1.165, 1.54) is 0 Å². The molecule has 0 fully saturated rings. The number of hydrogen-bond donors (Lipinski definition) is 0. The highest BCUT2D eigenvalue weighted by Crippen LogP contribution is 2.38. The summed E-state index contributed by atoms with van der Waals surface area (Å²) in [7, 11) is 4.89. The molecule has 162 valence electrons. The maximum absolute atomic E-state index is 13.0. The zero-order valence-electron chi connectivity index (χ0n) is 18.2. The van der Waals surface area contributed by atoms with Crippen molar-refractivity contribution < 1.29 is 19.0 Å². The minimum absolute atomic E-state index is 0.0156. The highest BCUT2D eigenvalue weighted by atomic mass is 16.5. The molecule has 1 aliphatic carbocycles. The first-order valence-corrected chi connectivity index (χ1v) is 10.4. The summed E-state index contributed by atoms with van der Waals surface area (Å²) in [5.74, 6) is 2.27. The third kappa shape index (κ3) is 3.36. The molecule has 0 saturated carbocycles. The molecule has 0 spiro atoms. The summed E-state index contributed by atoms with van der Waals surface area (Å²) in [6.45, 7) is 0. The predicted molar refractivity (Wildman–Crippen MR) is 120 cm³/mol. The second kappa shape index (κ2) is 8.00. The summed E-state index contributed by atoms with van der Waals surface area (Å²) >= 11 is 0. The summed E-state index contributed by atoms with van der Waals surface area (Å²) in [6, 6.07) is 13.5. The quantitative estimate of drug-likeness (QED) is 0.470. The van der Waals surface area contributed by atoms with Gasteiger partial charge in [-0.15, -0.1) is 0 Å². The van der Waals surface area contributed by atoms with Crippen molar-refractivity contribution in [1.82, 2.24) is 14.6 Å². The van der Waals surface area contributed by atoms with Gasteiger partial charge in [0, 0.05) is 30.2 Å². The molecule has 1 atom stereocenters. The summed E-state index contributed by atoms with van der Waals surface area (Å²) < 4.78 is 17.8. The first-order chi connectivity index (χ1) is 15.6. The number of hydrogen-bond acceptors (Lipinski definition) is 6. The topological polar surface area (TPSA) is 75.0 Å². The molecule has 4 aromatic rings. The van der Waals surface area contributed by atoms with Crippen molar-refractivity contribution >= 4 is 11.4 Å². The number of nitrogens with zero attached hydrogens (tertiary/aromatic N) is 3. The van der Waals surface area contributed by atoms with Crippen molar-refractivity contribution in [1.29, 1.82) is 0 Å². The van der Waals surface area contributed by atoms with Crippen LogP contribution in [0.2, 0.25) is 0 Å². The van der Waals surface area contributed by atoms with Crippen molar-refractivity contribution in [2.24, 2.45) is 0 Å². The molecule has 0 bridgehead atoms. The fourth-order valence-corrected chi connectivity index (χ4v) is 4.32. The van der Waals surface area contributed by atoms with E-state index < -0.39 is 0 Å². The van der Waals surface area contributed by atoms with E-state index in [1.807, 2.05) is 42.5 Å². The summed E-state index contributed by atoms with van der Waals surface area (Å²) in [5, 5.41) is 4.44. The van der Waals surface area contributed by atoms with E-state index in [9.17, 15) is 4.79 Å². The van der Waals surface area contributed by atoms with Crippen molar-refractivity contribution in [2.45, 2.75) is 18.8 Å². The molecule has 7 nitrogen and oxygen atoms in total. The SMILES string of the molecule is COc1ccc(-c2cnn3cc4c(nc23)CC(c2ccc(OC)cc2OC)CC4=O)cc1. The number of aromatic nitrogens is 3. The number of ketones is 1. The largest absolute Gasteiger partial charge is 0.497 e. The lowest BCUT2D eigenvalue weighted by atomic mass is 9.81. The number of Topliss-reactive ketones (excluding diaryl/α,β-unsaturated/α-hetero) is 1. The van der Waals surface area contributed by atoms with Crippen LogP contribution in [0.1, 0.15) is 34.0 Å². The smallest absolute Gasteiger partial charge is 0.166 e. The van der Waals surface area contributed by atoms with E-state index in [4.69, 9.17) is 19.2 Å². The molecule has 2 aromatic carbocycles. The summed E-state index contributed by atoms with van der Waals surface area (Å²) in [6.07, 6.45) is 4.63. The van der Waals surface area contributed by atoms with E-state index in [-0.39, 0.29) is 11.7 Å². The van der Waals surface area contributed by atoms with Gasteiger partial charge < -0.3 is 14.2 Å². The Labute approximate surface area is 185 Å². The summed E-state index contributed by atoms with van der Waals surface area (Å²) in [4.78, 5) is 17.9. The molecular formula is C25H23N3O4. The van der Waals surface area contributed by atoms with Crippen LogP contribution in [0.5, 0.6) is 17.2 Å². The van der Waals surface area contributed by atoms with Gasteiger partial charge in [0.15, 0.2) is 11.4 Å². The Hall–Kier alpha value is -3.87. The van der Waals surface area contributed by atoms with Gasteiger partial charge in [0.1, 0.15) is 17.2 Å². The van der Waals surface area contributed by atoms with Gasteiger partial charge in [0.2, 0.25) is 0 Å². The van der Waals surface area contributed by atoms with Gasteiger partial charge in [0.25, 0.3) is 0 Å². The van der Waals surface area contributed by atoms with Crippen LogP contribution in [0.3, 0.4) is 0 Å². The van der Waals surface area contributed by atoms with Crippen LogP contribution in [-0.2, 0) is 6.42 Å². The Kier molecular flexibility index (Phi) is 5.01. The van der Waals surface area contributed by atoms with Gasteiger partial charge in [-0.05, 0) is 35.7 Å². The van der Waals surface area contributed by atoms with Crippen molar-refractivity contribution in [3.8, 4) is 28.4 Å². The zero-order chi connectivity index (χ0) is 22.2. The summed E-state index contributed by atoms with van der Waals surface area (Å²) in [5.41, 5.74) is 5.02. The van der Waals surface area contributed by atoms with Gasteiger partial charge in [-0.2, -0.15) is 5.10 Å². The zero-order valence-corrected chi connectivity index (χ0v) is 18.2. The highest BCUT2D eigenvalue weighted by Gasteiger charge is 2.30. The standard InChI is InChI=1S/C25H23N3O4/c1-30-17-6-4-15(5-7-17)20-13-26-28-14-21-22(27-25(20)28)10-16(11-23(21)29)19-9-8-18(31-2)12-24(19)32-3/h4-9,12-14,16H,10-11H2,1-3H3. The fraction of sp³-hybridized carbons (Fsp3) is 0.240. The fourth-order valence-electron chi connectivity index (χ4n) is 4.32. The lowest BCUT2D eigenvalue weighted by Gasteiger charge is -2.25. The lowest BCUT2D eigenvalue weighted by molar-refractivity contribution is 0.0962. The van der Waals surface area contributed by atoms with Crippen LogP contribution in [0, 0.1) is 0 Å². The maximum Gasteiger partial charge on any atom is 0.166 e. The van der Waals surface area contributed by atoms with E-state index in [2.05, 4.69) is 5.10 Å². The Morgan fingerprint density at radius 2 is 1.66 bits per heavy atom. The van der Waals surface area contributed by atoms with E-state index in [0.29, 0.717) is 18.4 Å². The van der Waals surface area contributed by atoms with Gasteiger partial charge in [0.05, 0.1) is 38.8 Å². The minimum atomic E-state index is -0.0156. The second-order valence-electron chi connectivity index (χ2n) is 7.79. The molecule has 0 aliphatic heterocycles. The van der Waals surface area contributed by atoms with Crippen LogP contribution < -0.4 is 14.2 Å². The Morgan fingerprint density at radius 1 is 0.906 bits per heavy atom. The molecule has 32 heavy (non-hydrogen) atoms. The molecule has 1 unspecified atom stereocenters. The average Bonchev–Trinajstić information content (AvgIpc) is 3.25. The third-order valence-corrected chi connectivity index (χ3v) is 6.03. The minimum Gasteiger partial charge on any atom is -0.497 e. The normalized spacial score (nSPS) is 15.5. The number of rotatable bonds is 5. The van der Waals surface area contributed by atoms with Gasteiger partial charge in [-0.1, -0.05) is 18.2 Å². The Balaban J connectivity index is 1.55. The average molecular weight is 429 g/mol. The first kappa shape index (κ1) is 20.1. The second-order valence-corrected chi connectivity index (χ2v) is 7.79. The maximum atomic E-state index is 13.0. The van der Waals surface area contributed by atoms with E-state index >= 15 is 0 Å². The number of fused-ring (bicyclic) bond motifs is 2. The molecule has 1 aliphatic rings. The van der Waals surface area contributed by atoms with Crippen LogP contribution in [0.15, 0.2) is 54.9 Å². The van der Waals surface area contributed by atoms with Crippen LogP contribution in [0.25, 0.3) is 16.8 Å².